The highest BCUT2D eigenvalue weighted by Gasteiger charge is 2.59. The molecule has 0 spiro atoms. The molecule has 5 aliphatic rings. The lowest BCUT2D eigenvalue weighted by Gasteiger charge is -2.58. The van der Waals surface area contributed by atoms with E-state index in [-0.39, 0.29) is 29.1 Å². The Hall–Kier alpha value is -3.21. The van der Waals surface area contributed by atoms with Crippen LogP contribution in [0.25, 0.3) is 0 Å². The first-order chi connectivity index (χ1) is 24.0. The number of fused-ring (bicyclic) bond motifs is 7. The number of allylic oxidation sites excluding steroid dienone is 1. The number of benzene rings is 2. The highest BCUT2D eigenvalue weighted by atomic mass is 16.5. The fourth-order valence-corrected chi connectivity index (χ4v) is 11.6. The number of esters is 1. The van der Waals surface area contributed by atoms with Crippen LogP contribution >= 0.6 is 0 Å². The first-order valence-corrected chi connectivity index (χ1v) is 19.8. The molecule has 0 saturated heterocycles. The van der Waals surface area contributed by atoms with Crippen LogP contribution in [0.15, 0.2) is 54.1 Å². The Balaban J connectivity index is 0.893. The predicted octanol–water partition coefficient (Wildman–Crippen LogP) is 10.6. The van der Waals surface area contributed by atoms with Gasteiger partial charge in [-0.05, 0) is 116 Å². The van der Waals surface area contributed by atoms with Crippen molar-refractivity contribution < 1.29 is 23.9 Å². The number of ether oxygens (including phenoxy) is 2. The van der Waals surface area contributed by atoms with Gasteiger partial charge < -0.3 is 9.47 Å². The molecule has 0 heterocycles. The van der Waals surface area contributed by atoms with Crippen LogP contribution in [0.5, 0.6) is 5.75 Å². The lowest BCUT2D eigenvalue weighted by Crippen LogP contribution is -2.51. The van der Waals surface area contributed by atoms with Crippen LogP contribution in [0.4, 0.5) is 0 Å². The minimum Gasteiger partial charge on any atom is -0.494 e. The van der Waals surface area contributed by atoms with Crippen molar-refractivity contribution in [1.29, 1.82) is 0 Å². The zero-order valence-electron chi connectivity index (χ0n) is 31.1. The molecule has 8 atom stereocenters. The maximum atomic E-state index is 13.1. The molecule has 5 heteroatoms. The average molecular weight is 679 g/mol. The highest BCUT2D eigenvalue weighted by Crippen LogP contribution is 2.67. The van der Waals surface area contributed by atoms with Gasteiger partial charge in [0.15, 0.2) is 11.6 Å². The Kier molecular flexibility index (Phi) is 9.91. The molecule has 0 bridgehead atoms. The molecular weight excluding hydrogens is 620 g/mol. The molecule has 0 aliphatic heterocycles. The predicted molar refractivity (Wildman–Crippen MR) is 197 cm³/mol. The number of hydrogen-bond acceptors (Lipinski definition) is 5. The quantitative estimate of drug-likeness (QED) is 0.115. The van der Waals surface area contributed by atoms with E-state index in [1.165, 1.54) is 51.4 Å². The molecule has 5 nitrogen and oxygen atoms in total. The Morgan fingerprint density at radius 2 is 1.58 bits per heavy atom. The zero-order valence-corrected chi connectivity index (χ0v) is 31.1. The standard InChI is InChI=1S/C45H58O5/c1-28(2)10-8-11-29(3)38-19-20-39-36-17-15-30-26-32(21-23-44(30,4)40(36)22-24-45(38,39)5)50-41(46)14-9-25-49-31-16-18-35-37(27-31)43(48)34-13-7-6-12-33(34)42(35)47/h6-7,12-13,15-16,18,27-29,32,36,38-40H,8-11,14,17,19-26H2,1-5H3/t29-,32+,36+,38-,39+,40+,44+,45-/m1/s1. The fourth-order valence-electron chi connectivity index (χ4n) is 11.6. The van der Waals surface area contributed by atoms with Crippen LogP contribution in [0, 0.1) is 46.3 Å². The van der Waals surface area contributed by atoms with Crippen molar-refractivity contribution in [2.45, 2.75) is 124 Å². The van der Waals surface area contributed by atoms with E-state index < -0.39 is 0 Å². The summed E-state index contributed by atoms with van der Waals surface area (Å²) >= 11 is 0. The molecule has 0 radical (unpaired) electrons. The van der Waals surface area contributed by atoms with E-state index in [9.17, 15) is 14.4 Å². The summed E-state index contributed by atoms with van der Waals surface area (Å²) in [6.45, 7) is 12.8. The average Bonchev–Trinajstić information content (AvgIpc) is 3.46. The third-order valence-electron chi connectivity index (χ3n) is 14.2. The summed E-state index contributed by atoms with van der Waals surface area (Å²) in [6.07, 6.45) is 17.2. The third kappa shape index (κ3) is 6.41. The number of rotatable bonds is 11. The molecular formula is C45H58O5. The van der Waals surface area contributed by atoms with E-state index in [2.05, 4.69) is 40.7 Å². The molecule has 2 aromatic rings. The molecule has 3 fully saturated rings. The Bertz CT molecular complexity index is 1650. The second-order valence-electron chi connectivity index (χ2n) is 17.5. The smallest absolute Gasteiger partial charge is 0.306 e. The monoisotopic (exact) mass is 678 g/mol. The summed E-state index contributed by atoms with van der Waals surface area (Å²) in [4.78, 5) is 38.9. The molecule has 0 N–H and O–H groups in total. The zero-order chi connectivity index (χ0) is 35.2. The summed E-state index contributed by atoms with van der Waals surface area (Å²) in [6, 6.07) is 12.0. The van der Waals surface area contributed by atoms with Crippen LogP contribution in [0.2, 0.25) is 0 Å². The Morgan fingerprint density at radius 3 is 2.34 bits per heavy atom. The van der Waals surface area contributed by atoms with Crippen molar-refractivity contribution in [3.05, 3.63) is 76.4 Å². The van der Waals surface area contributed by atoms with E-state index >= 15 is 0 Å². The SMILES string of the molecule is CC(C)CCC[C@@H](C)[C@H]1CC[C@H]2[C@@H]3CC=C4C[C@@H](OC(=O)CCCOc5ccc6c(c5)C(=O)c5ccccc5C6=O)CC[C@]4(C)[C@H]3CC[C@]12C. The van der Waals surface area contributed by atoms with E-state index in [4.69, 9.17) is 9.47 Å². The second kappa shape index (κ2) is 14.1. The first-order valence-electron chi connectivity index (χ1n) is 19.8. The molecule has 50 heavy (non-hydrogen) atoms. The van der Waals surface area contributed by atoms with Gasteiger partial charge in [0, 0.05) is 35.1 Å². The summed E-state index contributed by atoms with van der Waals surface area (Å²) in [5.74, 6) is 5.00. The molecule has 268 valence electrons. The van der Waals surface area contributed by atoms with Gasteiger partial charge in [-0.3, -0.25) is 14.4 Å². The summed E-state index contributed by atoms with van der Waals surface area (Å²) in [5.41, 5.74) is 3.94. The molecule has 2 aromatic carbocycles. The lowest BCUT2D eigenvalue weighted by molar-refractivity contribution is -0.151. The molecule has 3 saturated carbocycles. The van der Waals surface area contributed by atoms with Crippen molar-refractivity contribution in [3.8, 4) is 5.75 Å². The molecule has 0 unspecified atom stereocenters. The van der Waals surface area contributed by atoms with Gasteiger partial charge in [0.2, 0.25) is 0 Å². The van der Waals surface area contributed by atoms with E-state index in [1.807, 2.05) is 0 Å². The van der Waals surface area contributed by atoms with Gasteiger partial charge in [-0.2, -0.15) is 0 Å². The molecule has 0 amide bonds. The minimum absolute atomic E-state index is 0.0391. The number of carbonyl (C=O) groups excluding carboxylic acids is 3. The van der Waals surface area contributed by atoms with Crippen LogP contribution < -0.4 is 4.74 Å². The van der Waals surface area contributed by atoms with Gasteiger partial charge >= 0.3 is 5.97 Å². The van der Waals surface area contributed by atoms with Gasteiger partial charge in [0.25, 0.3) is 0 Å². The number of carbonyl (C=O) groups is 3. The van der Waals surface area contributed by atoms with Gasteiger partial charge in [0.1, 0.15) is 11.9 Å². The lowest BCUT2D eigenvalue weighted by atomic mass is 9.47. The van der Waals surface area contributed by atoms with Crippen LogP contribution in [0.1, 0.15) is 150 Å². The molecule has 0 aromatic heterocycles. The largest absolute Gasteiger partial charge is 0.494 e. The van der Waals surface area contributed by atoms with Crippen molar-refractivity contribution in [2.24, 2.45) is 46.3 Å². The van der Waals surface area contributed by atoms with Gasteiger partial charge in [0.05, 0.1) is 6.61 Å². The summed E-state index contributed by atoms with van der Waals surface area (Å²) in [7, 11) is 0. The third-order valence-corrected chi connectivity index (χ3v) is 14.2. The second-order valence-corrected chi connectivity index (χ2v) is 17.5. The molecule has 5 aliphatic carbocycles. The number of ketones is 2. The van der Waals surface area contributed by atoms with Gasteiger partial charge in [-0.15, -0.1) is 0 Å². The maximum Gasteiger partial charge on any atom is 0.306 e. The Morgan fingerprint density at radius 1 is 0.840 bits per heavy atom. The van der Waals surface area contributed by atoms with E-state index in [0.29, 0.717) is 52.9 Å². The van der Waals surface area contributed by atoms with Gasteiger partial charge in [-0.25, -0.2) is 0 Å². The normalized spacial score (nSPS) is 31.9. The van der Waals surface area contributed by atoms with Crippen molar-refractivity contribution >= 4 is 17.5 Å². The highest BCUT2D eigenvalue weighted by molar-refractivity contribution is 6.28. The minimum atomic E-state index is -0.164. The van der Waals surface area contributed by atoms with E-state index in [1.54, 1.807) is 48.0 Å². The van der Waals surface area contributed by atoms with Crippen LogP contribution in [-0.2, 0) is 9.53 Å². The summed E-state index contributed by atoms with van der Waals surface area (Å²) in [5, 5.41) is 0. The Labute approximate surface area is 300 Å². The fraction of sp³-hybridized carbons (Fsp3) is 0.622. The maximum absolute atomic E-state index is 13.1. The van der Waals surface area contributed by atoms with Crippen LogP contribution in [0.3, 0.4) is 0 Å². The van der Waals surface area contributed by atoms with Crippen molar-refractivity contribution in [1.82, 2.24) is 0 Å². The van der Waals surface area contributed by atoms with Crippen LogP contribution in [-0.4, -0.2) is 30.2 Å². The van der Waals surface area contributed by atoms with Crippen molar-refractivity contribution in [3.63, 3.8) is 0 Å². The topological polar surface area (TPSA) is 69.7 Å². The number of hydrogen-bond donors (Lipinski definition) is 0. The first kappa shape index (κ1) is 35.2. The van der Waals surface area contributed by atoms with E-state index in [0.717, 1.165) is 54.8 Å². The van der Waals surface area contributed by atoms with Crippen molar-refractivity contribution in [2.75, 3.05) is 6.61 Å². The summed E-state index contributed by atoms with van der Waals surface area (Å²) < 4.78 is 12.0. The van der Waals surface area contributed by atoms with Gasteiger partial charge in [-0.1, -0.05) is 89.8 Å². The molecule has 7 rings (SSSR count).